The zero-order valence-electron chi connectivity index (χ0n) is 14.6. The summed E-state index contributed by atoms with van der Waals surface area (Å²) in [7, 11) is 1.46. The van der Waals surface area contributed by atoms with Crippen molar-refractivity contribution in [1.82, 2.24) is 0 Å². The van der Waals surface area contributed by atoms with Crippen LogP contribution in [0.3, 0.4) is 0 Å². The third-order valence-corrected chi connectivity index (χ3v) is 5.13. The molecule has 0 fully saturated rings. The van der Waals surface area contributed by atoms with Gasteiger partial charge in [0.05, 0.1) is 20.7 Å². The average molecular weight is 532 g/mol. The Labute approximate surface area is 184 Å². The molecule has 9 heteroatoms. The van der Waals surface area contributed by atoms with E-state index < -0.39 is 11.9 Å². The second-order valence-corrected chi connectivity index (χ2v) is 7.57. The molecule has 1 heterocycles. The lowest BCUT2D eigenvalue weighted by atomic mass is 10.1. The molecule has 0 spiro atoms. The van der Waals surface area contributed by atoms with Crippen LogP contribution in [0.25, 0.3) is 6.08 Å². The van der Waals surface area contributed by atoms with Gasteiger partial charge in [0.15, 0.2) is 17.2 Å². The first-order valence-electron chi connectivity index (χ1n) is 7.82. The second kappa shape index (κ2) is 8.50. The minimum atomic E-state index is -0.598. The number of carbonyl (C=O) groups is 2. The van der Waals surface area contributed by atoms with Crippen LogP contribution in [0.1, 0.15) is 18.1 Å². The van der Waals surface area contributed by atoms with Crippen LogP contribution in [0.2, 0.25) is 10.0 Å². The number of esters is 2. The van der Waals surface area contributed by atoms with Crippen molar-refractivity contribution in [3.8, 4) is 11.5 Å². The number of hydrogen-bond acceptors (Lipinski definition) is 6. The summed E-state index contributed by atoms with van der Waals surface area (Å²) in [4.78, 5) is 27.7. The molecule has 0 saturated heterocycles. The highest BCUT2D eigenvalue weighted by Gasteiger charge is 2.25. The molecule has 2 aromatic carbocycles. The summed E-state index contributed by atoms with van der Waals surface area (Å²) in [5, 5.41) is 0.719. The van der Waals surface area contributed by atoms with Gasteiger partial charge in [0.2, 0.25) is 5.90 Å². The fourth-order valence-electron chi connectivity index (χ4n) is 2.39. The van der Waals surface area contributed by atoms with Gasteiger partial charge < -0.3 is 14.2 Å². The molecule has 6 nitrogen and oxygen atoms in total. The van der Waals surface area contributed by atoms with Crippen LogP contribution in [-0.2, 0) is 14.3 Å². The quantitative estimate of drug-likeness (QED) is 0.243. The van der Waals surface area contributed by atoms with Gasteiger partial charge in [-0.15, -0.1) is 0 Å². The Morgan fingerprint density at radius 3 is 2.61 bits per heavy atom. The number of aliphatic imine (C=N–C) groups is 1. The zero-order chi connectivity index (χ0) is 20.4. The van der Waals surface area contributed by atoms with Crippen LogP contribution in [-0.4, -0.2) is 24.9 Å². The number of methoxy groups -OCH3 is 1. The number of benzene rings is 2. The number of cyclic esters (lactones) is 1. The van der Waals surface area contributed by atoms with Crippen molar-refractivity contribution in [3.63, 3.8) is 0 Å². The summed E-state index contributed by atoms with van der Waals surface area (Å²) in [5.41, 5.74) is 1.27. The number of ether oxygens (including phenoxy) is 3. The predicted octanol–water partition coefficient (Wildman–Crippen LogP) is 4.88. The maximum Gasteiger partial charge on any atom is 0.363 e. The Bertz CT molecular complexity index is 1050. The molecule has 0 atom stereocenters. The molecular weight excluding hydrogens is 520 g/mol. The number of nitrogens with zero attached hydrogens (tertiary/aromatic N) is 1. The Kier molecular flexibility index (Phi) is 6.26. The molecule has 0 N–H and O–H groups in total. The van der Waals surface area contributed by atoms with Crippen molar-refractivity contribution in [2.45, 2.75) is 6.92 Å². The van der Waals surface area contributed by atoms with Gasteiger partial charge in [-0.3, -0.25) is 4.79 Å². The lowest BCUT2D eigenvalue weighted by Gasteiger charge is -2.11. The van der Waals surface area contributed by atoms with Gasteiger partial charge in [-0.2, -0.15) is 0 Å². The molecule has 0 radical (unpaired) electrons. The van der Waals surface area contributed by atoms with Gasteiger partial charge in [0.1, 0.15) is 0 Å². The maximum atomic E-state index is 12.2. The van der Waals surface area contributed by atoms with E-state index in [0.717, 1.165) is 0 Å². The lowest BCUT2D eigenvalue weighted by molar-refractivity contribution is -0.132. The summed E-state index contributed by atoms with van der Waals surface area (Å²) < 4.78 is 16.3. The highest BCUT2D eigenvalue weighted by molar-refractivity contribution is 14.1. The fourth-order valence-corrected chi connectivity index (χ4v) is 3.42. The second-order valence-electron chi connectivity index (χ2n) is 5.59. The SMILES string of the molecule is COc1cc(/C=C2\N=C(c3ccc(Cl)c(Cl)c3)OC2=O)cc(I)c1OC(C)=O. The molecule has 0 aromatic heterocycles. The average Bonchev–Trinajstić information content (AvgIpc) is 2.99. The molecule has 144 valence electrons. The molecule has 3 rings (SSSR count). The number of halogens is 3. The van der Waals surface area contributed by atoms with Crippen molar-refractivity contribution < 1.29 is 23.8 Å². The monoisotopic (exact) mass is 531 g/mol. The van der Waals surface area contributed by atoms with Gasteiger partial charge in [-0.05, 0) is 64.6 Å². The van der Waals surface area contributed by atoms with E-state index in [1.165, 1.54) is 14.0 Å². The van der Waals surface area contributed by atoms with Crippen molar-refractivity contribution in [1.29, 1.82) is 0 Å². The van der Waals surface area contributed by atoms with Gasteiger partial charge >= 0.3 is 11.9 Å². The van der Waals surface area contributed by atoms with E-state index in [0.29, 0.717) is 36.2 Å². The van der Waals surface area contributed by atoms with E-state index in [1.54, 1.807) is 36.4 Å². The molecule has 0 saturated carbocycles. The smallest absolute Gasteiger partial charge is 0.363 e. The van der Waals surface area contributed by atoms with Crippen molar-refractivity contribution in [3.05, 3.63) is 60.8 Å². The van der Waals surface area contributed by atoms with Crippen LogP contribution in [0.15, 0.2) is 41.0 Å². The Hall–Kier alpha value is -2.10. The standard InChI is InChI=1S/C19H12Cl2INO5/c1-9(24)27-17-14(22)5-10(7-16(17)26-2)6-15-19(25)28-18(23-15)11-3-4-12(20)13(21)8-11/h3-8H,1-2H3/b15-6-. The normalized spacial score (nSPS) is 14.7. The van der Waals surface area contributed by atoms with Gasteiger partial charge in [-0.25, -0.2) is 9.79 Å². The van der Waals surface area contributed by atoms with Crippen LogP contribution in [0.5, 0.6) is 11.5 Å². The molecule has 1 aliphatic heterocycles. The number of rotatable bonds is 4. The highest BCUT2D eigenvalue weighted by Crippen LogP contribution is 2.35. The first kappa shape index (κ1) is 20.6. The molecule has 0 unspecified atom stereocenters. The topological polar surface area (TPSA) is 74.2 Å². The molecule has 0 bridgehead atoms. The molecule has 28 heavy (non-hydrogen) atoms. The highest BCUT2D eigenvalue weighted by atomic mass is 127. The Morgan fingerprint density at radius 1 is 1.21 bits per heavy atom. The van der Waals surface area contributed by atoms with E-state index in [-0.39, 0.29) is 11.6 Å². The van der Waals surface area contributed by atoms with E-state index >= 15 is 0 Å². The van der Waals surface area contributed by atoms with Crippen LogP contribution in [0.4, 0.5) is 0 Å². The van der Waals surface area contributed by atoms with E-state index in [4.69, 9.17) is 37.4 Å². The Morgan fingerprint density at radius 2 is 1.96 bits per heavy atom. The number of hydrogen-bond donors (Lipinski definition) is 0. The van der Waals surface area contributed by atoms with Crippen molar-refractivity contribution >= 4 is 69.7 Å². The van der Waals surface area contributed by atoms with E-state index in [9.17, 15) is 9.59 Å². The van der Waals surface area contributed by atoms with Crippen LogP contribution in [0, 0.1) is 3.57 Å². The third-order valence-electron chi connectivity index (χ3n) is 3.59. The summed E-state index contributed by atoms with van der Waals surface area (Å²) in [5.74, 6) is -0.259. The minimum Gasteiger partial charge on any atom is -0.493 e. The van der Waals surface area contributed by atoms with Gasteiger partial charge in [0, 0.05) is 12.5 Å². The molecule has 0 aliphatic carbocycles. The van der Waals surface area contributed by atoms with Gasteiger partial charge in [-0.1, -0.05) is 23.2 Å². The third kappa shape index (κ3) is 4.48. The van der Waals surface area contributed by atoms with E-state index in [1.807, 2.05) is 22.6 Å². The summed E-state index contributed by atoms with van der Waals surface area (Å²) in [6, 6.07) is 8.18. The largest absolute Gasteiger partial charge is 0.493 e. The molecule has 1 aliphatic rings. The molecular formula is C19H12Cl2INO5. The van der Waals surface area contributed by atoms with Crippen molar-refractivity contribution in [2.24, 2.45) is 4.99 Å². The zero-order valence-corrected chi connectivity index (χ0v) is 18.3. The predicted molar refractivity (Wildman–Crippen MR) is 114 cm³/mol. The first-order chi connectivity index (χ1) is 13.3. The van der Waals surface area contributed by atoms with Crippen LogP contribution >= 0.6 is 45.8 Å². The first-order valence-corrected chi connectivity index (χ1v) is 9.66. The Balaban J connectivity index is 1.97. The molecule has 0 amide bonds. The maximum absolute atomic E-state index is 12.2. The van der Waals surface area contributed by atoms with Crippen molar-refractivity contribution in [2.75, 3.05) is 7.11 Å². The summed E-state index contributed by atoms with van der Waals surface area (Å²) in [6.07, 6.45) is 1.55. The fraction of sp³-hybridized carbons (Fsp3) is 0.105. The molecule has 2 aromatic rings. The summed E-state index contributed by atoms with van der Waals surface area (Å²) in [6.45, 7) is 1.30. The number of carbonyl (C=O) groups excluding carboxylic acids is 2. The summed E-state index contributed by atoms with van der Waals surface area (Å²) >= 11 is 13.9. The lowest BCUT2D eigenvalue weighted by Crippen LogP contribution is -2.05. The van der Waals surface area contributed by atoms with E-state index in [2.05, 4.69) is 4.99 Å². The van der Waals surface area contributed by atoms with Gasteiger partial charge in [0.25, 0.3) is 0 Å². The minimum absolute atomic E-state index is 0.110. The van der Waals surface area contributed by atoms with Crippen LogP contribution < -0.4 is 9.47 Å².